The Morgan fingerprint density at radius 2 is 2.24 bits per heavy atom. The van der Waals surface area contributed by atoms with Gasteiger partial charge in [-0.2, -0.15) is 5.10 Å². The van der Waals surface area contributed by atoms with E-state index in [0.717, 1.165) is 11.4 Å². The summed E-state index contributed by atoms with van der Waals surface area (Å²) < 4.78 is 8.92. The number of hydrogen-bond donors (Lipinski definition) is 1. The molecule has 1 aliphatic rings. The first-order valence-electron chi connectivity index (χ1n) is 8.00. The predicted molar refractivity (Wildman–Crippen MR) is 89.8 cm³/mol. The molecular formula is C16H18N6O3. The van der Waals surface area contributed by atoms with Gasteiger partial charge in [0.1, 0.15) is 12.1 Å². The molecule has 1 aliphatic heterocycles. The molecule has 0 amide bonds. The van der Waals surface area contributed by atoms with Crippen molar-refractivity contribution < 1.29 is 14.6 Å². The average molecular weight is 342 g/mol. The van der Waals surface area contributed by atoms with E-state index in [1.807, 2.05) is 19.2 Å². The Morgan fingerprint density at radius 3 is 2.92 bits per heavy atom. The lowest BCUT2D eigenvalue weighted by Crippen LogP contribution is -2.44. The predicted octanol–water partition coefficient (Wildman–Crippen LogP) is 1.05. The molecule has 1 unspecified atom stereocenters. The molecule has 1 N–H and O–H groups in total. The number of aromatic nitrogens is 5. The molecule has 25 heavy (non-hydrogen) atoms. The summed E-state index contributed by atoms with van der Waals surface area (Å²) in [5.74, 6) is -0.388. The third-order valence-electron chi connectivity index (χ3n) is 4.44. The quantitative estimate of drug-likeness (QED) is 0.760. The summed E-state index contributed by atoms with van der Waals surface area (Å²) in [5, 5.41) is 13.6. The number of carboxylic acid groups (broad SMARTS) is 1. The first-order chi connectivity index (χ1) is 12.1. The molecule has 3 aromatic heterocycles. The minimum Gasteiger partial charge on any atom is -0.476 e. The number of rotatable bonds is 3. The van der Waals surface area contributed by atoms with E-state index >= 15 is 0 Å². The highest BCUT2D eigenvalue weighted by Gasteiger charge is 2.24. The Balaban J connectivity index is 1.96. The van der Waals surface area contributed by atoms with Gasteiger partial charge in [-0.3, -0.25) is 9.08 Å². The van der Waals surface area contributed by atoms with E-state index < -0.39 is 5.97 Å². The molecule has 9 heteroatoms. The maximum atomic E-state index is 11.5. The van der Waals surface area contributed by atoms with Gasteiger partial charge in [-0.1, -0.05) is 0 Å². The van der Waals surface area contributed by atoms with E-state index in [4.69, 9.17) is 4.74 Å². The standard InChI is InChI=1S/C16H18N6O3/c1-10-8-25-6-5-21(10)13-7-12(11-3-4-18-20(11)2)22-9-17-14(16(23)24)15(22)19-13/h3-4,7,9-10H,5-6,8H2,1-2H3,(H,23,24). The van der Waals surface area contributed by atoms with Crippen molar-refractivity contribution >= 4 is 17.4 Å². The van der Waals surface area contributed by atoms with Gasteiger partial charge in [-0.25, -0.2) is 14.8 Å². The van der Waals surface area contributed by atoms with Crippen LogP contribution in [0.5, 0.6) is 0 Å². The van der Waals surface area contributed by atoms with Crippen LogP contribution >= 0.6 is 0 Å². The second-order valence-corrected chi connectivity index (χ2v) is 6.05. The Morgan fingerprint density at radius 1 is 1.40 bits per heavy atom. The van der Waals surface area contributed by atoms with Crippen LogP contribution in [0.4, 0.5) is 5.82 Å². The number of fused-ring (bicyclic) bond motifs is 1. The molecule has 1 fully saturated rings. The number of anilines is 1. The molecule has 3 aromatic rings. The molecule has 4 heterocycles. The first kappa shape index (κ1) is 15.6. The topological polar surface area (TPSA) is 97.8 Å². The lowest BCUT2D eigenvalue weighted by atomic mass is 10.2. The number of carbonyl (C=O) groups is 1. The summed E-state index contributed by atoms with van der Waals surface area (Å²) in [5.41, 5.74) is 1.90. The molecule has 1 saturated heterocycles. The molecule has 0 spiro atoms. The second kappa shape index (κ2) is 5.85. The van der Waals surface area contributed by atoms with Gasteiger partial charge < -0.3 is 14.7 Å². The summed E-state index contributed by atoms with van der Waals surface area (Å²) in [6.07, 6.45) is 3.19. The lowest BCUT2D eigenvalue weighted by Gasteiger charge is -2.34. The van der Waals surface area contributed by atoms with Crippen LogP contribution in [0.1, 0.15) is 17.4 Å². The highest BCUT2D eigenvalue weighted by molar-refractivity contribution is 5.93. The van der Waals surface area contributed by atoms with Crippen LogP contribution in [-0.2, 0) is 11.8 Å². The van der Waals surface area contributed by atoms with Crippen LogP contribution < -0.4 is 4.90 Å². The number of carboxylic acids is 1. The first-order valence-corrected chi connectivity index (χ1v) is 8.00. The minimum absolute atomic E-state index is 0.0637. The summed E-state index contributed by atoms with van der Waals surface area (Å²) in [7, 11) is 1.84. The maximum absolute atomic E-state index is 11.5. The number of nitrogens with zero attached hydrogens (tertiary/aromatic N) is 6. The van der Waals surface area contributed by atoms with Crippen LogP contribution in [0.2, 0.25) is 0 Å². The third kappa shape index (κ3) is 2.52. The number of ether oxygens (including phenoxy) is 1. The zero-order valence-electron chi connectivity index (χ0n) is 14.0. The second-order valence-electron chi connectivity index (χ2n) is 6.05. The molecule has 0 aliphatic carbocycles. The fraction of sp³-hybridized carbons (Fsp3) is 0.375. The molecule has 130 valence electrons. The van der Waals surface area contributed by atoms with Crippen LogP contribution in [-0.4, -0.2) is 61.0 Å². The minimum atomic E-state index is -1.10. The van der Waals surface area contributed by atoms with E-state index in [1.165, 1.54) is 6.33 Å². The zero-order chi connectivity index (χ0) is 17.6. The summed E-state index contributed by atoms with van der Waals surface area (Å²) in [4.78, 5) is 22.3. The number of aryl methyl sites for hydroxylation is 1. The summed E-state index contributed by atoms with van der Waals surface area (Å²) in [6.45, 7) is 3.98. The van der Waals surface area contributed by atoms with Gasteiger partial charge in [0.15, 0.2) is 11.3 Å². The zero-order valence-corrected chi connectivity index (χ0v) is 14.0. The van der Waals surface area contributed by atoms with E-state index in [9.17, 15) is 9.90 Å². The SMILES string of the molecule is CC1COCCN1c1cc(-c2ccnn2C)n2cnc(C(=O)O)c2n1. The van der Waals surface area contributed by atoms with Crippen molar-refractivity contribution in [1.29, 1.82) is 0 Å². The molecule has 1 atom stereocenters. The molecule has 9 nitrogen and oxygen atoms in total. The summed E-state index contributed by atoms with van der Waals surface area (Å²) in [6, 6.07) is 3.97. The van der Waals surface area contributed by atoms with Gasteiger partial charge in [-0.05, 0) is 13.0 Å². The average Bonchev–Trinajstić information content (AvgIpc) is 3.20. The maximum Gasteiger partial charge on any atom is 0.358 e. The fourth-order valence-corrected chi connectivity index (χ4v) is 3.15. The smallest absolute Gasteiger partial charge is 0.358 e. The number of hydrogen-bond acceptors (Lipinski definition) is 6. The highest BCUT2D eigenvalue weighted by Crippen LogP contribution is 2.27. The van der Waals surface area contributed by atoms with Gasteiger partial charge in [0.25, 0.3) is 0 Å². The highest BCUT2D eigenvalue weighted by atomic mass is 16.5. The lowest BCUT2D eigenvalue weighted by molar-refractivity contribution is 0.0693. The van der Waals surface area contributed by atoms with Crippen LogP contribution in [0, 0.1) is 0 Å². The number of aromatic carboxylic acids is 1. The number of imidazole rings is 1. The van der Waals surface area contributed by atoms with Crippen molar-refractivity contribution in [3.8, 4) is 11.4 Å². The largest absolute Gasteiger partial charge is 0.476 e. The Hall–Kier alpha value is -2.94. The molecule has 0 saturated carbocycles. The van der Waals surface area contributed by atoms with E-state index in [1.54, 1.807) is 15.3 Å². The van der Waals surface area contributed by atoms with Gasteiger partial charge in [0.2, 0.25) is 0 Å². The Labute approximate surface area is 143 Å². The van der Waals surface area contributed by atoms with Crippen molar-refractivity contribution in [2.24, 2.45) is 7.05 Å². The van der Waals surface area contributed by atoms with Crippen molar-refractivity contribution in [3.05, 3.63) is 30.4 Å². The van der Waals surface area contributed by atoms with Crippen molar-refractivity contribution in [3.63, 3.8) is 0 Å². The van der Waals surface area contributed by atoms with Crippen LogP contribution in [0.15, 0.2) is 24.7 Å². The van der Waals surface area contributed by atoms with E-state index in [2.05, 4.69) is 26.9 Å². The Kier molecular flexibility index (Phi) is 3.65. The van der Waals surface area contributed by atoms with Crippen molar-refractivity contribution in [1.82, 2.24) is 24.1 Å². The molecule has 0 radical (unpaired) electrons. The van der Waals surface area contributed by atoms with Crippen LogP contribution in [0.25, 0.3) is 17.0 Å². The molecule has 4 rings (SSSR count). The van der Waals surface area contributed by atoms with E-state index in [-0.39, 0.29) is 11.7 Å². The van der Waals surface area contributed by atoms with Crippen LogP contribution in [0.3, 0.4) is 0 Å². The monoisotopic (exact) mass is 342 g/mol. The molecule has 0 aromatic carbocycles. The fourth-order valence-electron chi connectivity index (χ4n) is 3.15. The number of morpholine rings is 1. The third-order valence-corrected chi connectivity index (χ3v) is 4.44. The van der Waals surface area contributed by atoms with Crippen molar-refractivity contribution in [2.45, 2.75) is 13.0 Å². The molecule has 0 bridgehead atoms. The Bertz CT molecular complexity index is 947. The normalized spacial score (nSPS) is 18.0. The van der Waals surface area contributed by atoms with Gasteiger partial charge in [0, 0.05) is 25.9 Å². The van der Waals surface area contributed by atoms with Gasteiger partial charge >= 0.3 is 5.97 Å². The van der Waals surface area contributed by atoms with Crippen molar-refractivity contribution in [2.75, 3.05) is 24.7 Å². The molecular weight excluding hydrogens is 324 g/mol. The van der Waals surface area contributed by atoms with Gasteiger partial charge in [0.05, 0.1) is 30.6 Å². The summed E-state index contributed by atoms with van der Waals surface area (Å²) >= 11 is 0. The van der Waals surface area contributed by atoms with E-state index in [0.29, 0.717) is 31.2 Å². The van der Waals surface area contributed by atoms with Gasteiger partial charge in [-0.15, -0.1) is 0 Å².